The zero-order valence-corrected chi connectivity index (χ0v) is 25.9. The van der Waals surface area contributed by atoms with E-state index in [0.717, 1.165) is 50.2 Å². The molecule has 5 heteroatoms. The Balaban J connectivity index is 1.02. The number of likely N-dealkylation sites (tertiary alicyclic amines) is 1. The van der Waals surface area contributed by atoms with Crippen molar-refractivity contribution in [1.82, 2.24) is 19.4 Å². The molecule has 0 spiro atoms. The van der Waals surface area contributed by atoms with Crippen molar-refractivity contribution in [2.24, 2.45) is 0 Å². The minimum absolute atomic E-state index is 0.140. The number of aromatic nitrogens is 2. The molecular weight excluding hydrogens is 528 g/mol. The number of amides is 1. The number of fused-ring (bicyclic) bond motifs is 3. The number of piperidine rings is 2. The summed E-state index contributed by atoms with van der Waals surface area (Å²) in [5.74, 6) is 1.47. The molecule has 0 unspecified atom stereocenters. The average Bonchev–Trinajstić information content (AvgIpc) is 3.50. The number of hydrogen-bond acceptors (Lipinski definition) is 3. The molecule has 1 amide bonds. The summed E-state index contributed by atoms with van der Waals surface area (Å²) < 4.78 is 2.54. The molecule has 3 aliphatic heterocycles. The Morgan fingerprint density at radius 2 is 1.51 bits per heavy atom. The van der Waals surface area contributed by atoms with Crippen LogP contribution in [0.5, 0.6) is 0 Å². The van der Waals surface area contributed by atoms with E-state index in [0.29, 0.717) is 30.5 Å². The molecule has 3 atom stereocenters. The van der Waals surface area contributed by atoms with Crippen molar-refractivity contribution in [3.63, 3.8) is 0 Å². The van der Waals surface area contributed by atoms with Gasteiger partial charge in [-0.1, -0.05) is 66.7 Å². The Kier molecular flexibility index (Phi) is 7.85. The fraction of sp³-hybridized carbons (Fsp3) is 0.474. The van der Waals surface area contributed by atoms with Gasteiger partial charge in [-0.25, -0.2) is 4.98 Å². The number of imidazole rings is 1. The van der Waals surface area contributed by atoms with Gasteiger partial charge in [-0.15, -0.1) is 0 Å². The van der Waals surface area contributed by atoms with E-state index in [1.54, 1.807) is 0 Å². The van der Waals surface area contributed by atoms with Crippen LogP contribution in [0.25, 0.3) is 11.0 Å². The molecule has 0 saturated carbocycles. The molecule has 3 aliphatic rings. The van der Waals surface area contributed by atoms with Gasteiger partial charge in [-0.3, -0.25) is 9.69 Å². The summed E-state index contributed by atoms with van der Waals surface area (Å²) in [6.45, 7) is 7.21. The first kappa shape index (κ1) is 28.3. The lowest BCUT2D eigenvalue weighted by molar-refractivity contribution is -0.132. The van der Waals surface area contributed by atoms with Gasteiger partial charge in [0, 0.05) is 37.6 Å². The van der Waals surface area contributed by atoms with Crippen molar-refractivity contribution in [3.8, 4) is 0 Å². The van der Waals surface area contributed by atoms with Gasteiger partial charge >= 0.3 is 0 Å². The highest BCUT2D eigenvalue weighted by atomic mass is 16.2. The van der Waals surface area contributed by atoms with Crippen LogP contribution in [0.3, 0.4) is 0 Å². The minimum atomic E-state index is 0.140. The molecule has 224 valence electrons. The maximum Gasteiger partial charge on any atom is 0.222 e. The van der Waals surface area contributed by atoms with E-state index >= 15 is 0 Å². The van der Waals surface area contributed by atoms with Gasteiger partial charge in [0.25, 0.3) is 0 Å². The van der Waals surface area contributed by atoms with Crippen molar-refractivity contribution in [2.75, 3.05) is 19.6 Å². The van der Waals surface area contributed by atoms with Crippen LogP contribution in [0.1, 0.15) is 79.9 Å². The highest BCUT2D eigenvalue weighted by Crippen LogP contribution is 2.45. The lowest BCUT2D eigenvalue weighted by Gasteiger charge is -2.45. The van der Waals surface area contributed by atoms with Crippen LogP contribution in [-0.2, 0) is 16.6 Å². The third kappa shape index (κ3) is 5.53. The maximum absolute atomic E-state index is 13.3. The van der Waals surface area contributed by atoms with Gasteiger partial charge in [0.05, 0.1) is 11.0 Å². The summed E-state index contributed by atoms with van der Waals surface area (Å²) in [6, 6.07) is 30.1. The van der Waals surface area contributed by atoms with Gasteiger partial charge in [0.2, 0.25) is 5.91 Å². The molecule has 2 bridgehead atoms. The molecule has 0 aliphatic carbocycles. The summed E-state index contributed by atoms with van der Waals surface area (Å²) in [5, 5.41) is 0. The molecule has 5 nitrogen and oxygen atoms in total. The van der Waals surface area contributed by atoms with Crippen molar-refractivity contribution in [3.05, 3.63) is 101 Å². The van der Waals surface area contributed by atoms with Gasteiger partial charge in [-0.05, 0) is 106 Å². The molecule has 0 N–H and O–H groups in total. The summed E-state index contributed by atoms with van der Waals surface area (Å²) in [5.41, 5.74) is 6.59. The predicted molar refractivity (Wildman–Crippen MR) is 174 cm³/mol. The number of para-hydroxylation sites is 2. The standard InChI is InChI=1S/C38H46N4O/c1-28-10-6-7-11-30(28)16-19-37(43)40-23-20-38(21-24-40,31-12-4-3-5-13-31)22-25-41-32-17-18-33(41)27-34(26-32)42-29(2)39-35-14-8-9-15-36(35)42/h3-15,32-34H,16-27H2,1-2H3/t32-,33+,34+. The third-order valence-electron chi connectivity index (χ3n) is 11.2. The molecule has 4 aromatic rings. The second-order valence-electron chi connectivity index (χ2n) is 13.5. The minimum Gasteiger partial charge on any atom is -0.343 e. The van der Waals surface area contributed by atoms with Gasteiger partial charge in [0.1, 0.15) is 5.82 Å². The first-order valence-corrected chi connectivity index (χ1v) is 16.6. The summed E-state index contributed by atoms with van der Waals surface area (Å²) in [7, 11) is 0. The highest BCUT2D eigenvalue weighted by molar-refractivity contribution is 5.77. The number of benzene rings is 3. The number of carbonyl (C=O) groups excluding carboxylic acids is 1. The fourth-order valence-corrected chi connectivity index (χ4v) is 8.74. The molecular formula is C38H46N4O. The molecule has 1 aromatic heterocycles. The number of carbonyl (C=O) groups is 1. The third-order valence-corrected chi connectivity index (χ3v) is 11.2. The molecule has 7 rings (SSSR count). The quantitative estimate of drug-likeness (QED) is 0.220. The topological polar surface area (TPSA) is 41.4 Å². The number of rotatable bonds is 8. The van der Waals surface area contributed by atoms with Crippen LogP contribution in [-0.4, -0.2) is 57.0 Å². The van der Waals surface area contributed by atoms with E-state index in [2.05, 4.69) is 107 Å². The van der Waals surface area contributed by atoms with Crippen molar-refractivity contribution >= 4 is 16.9 Å². The molecule has 3 aromatic carbocycles. The second-order valence-corrected chi connectivity index (χ2v) is 13.5. The fourth-order valence-electron chi connectivity index (χ4n) is 8.74. The Labute approximate surface area is 256 Å². The van der Waals surface area contributed by atoms with Crippen molar-refractivity contribution in [2.45, 2.75) is 95.2 Å². The molecule has 3 saturated heterocycles. The van der Waals surface area contributed by atoms with E-state index in [-0.39, 0.29) is 5.41 Å². The number of hydrogen-bond donors (Lipinski definition) is 0. The highest BCUT2D eigenvalue weighted by Gasteiger charge is 2.44. The van der Waals surface area contributed by atoms with Crippen LogP contribution in [0, 0.1) is 13.8 Å². The van der Waals surface area contributed by atoms with Crippen LogP contribution in [0.2, 0.25) is 0 Å². The normalized spacial score (nSPS) is 23.6. The molecule has 43 heavy (non-hydrogen) atoms. The van der Waals surface area contributed by atoms with Gasteiger partial charge in [-0.2, -0.15) is 0 Å². The Morgan fingerprint density at radius 3 is 2.26 bits per heavy atom. The van der Waals surface area contributed by atoms with Crippen LogP contribution < -0.4 is 0 Å². The van der Waals surface area contributed by atoms with E-state index in [1.807, 2.05) is 0 Å². The first-order chi connectivity index (χ1) is 21.0. The average molecular weight is 575 g/mol. The van der Waals surface area contributed by atoms with Crippen LogP contribution in [0.4, 0.5) is 0 Å². The number of aryl methyl sites for hydroxylation is 3. The van der Waals surface area contributed by atoms with Crippen molar-refractivity contribution < 1.29 is 4.79 Å². The second kappa shape index (κ2) is 11.9. The lowest BCUT2D eigenvalue weighted by atomic mass is 9.70. The molecule has 0 radical (unpaired) electrons. The van der Waals surface area contributed by atoms with Gasteiger partial charge in [0.15, 0.2) is 0 Å². The predicted octanol–water partition coefficient (Wildman–Crippen LogP) is 7.40. The number of nitrogens with zero attached hydrogens (tertiary/aromatic N) is 4. The van der Waals surface area contributed by atoms with Gasteiger partial charge < -0.3 is 9.47 Å². The Hall–Kier alpha value is -3.44. The summed E-state index contributed by atoms with van der Waals surface area (Å²) in [6.07, 6.45) is 9.79. The Morgan fingerprint density at radius 1 is 0.837 bits per heavy atom. The lowest BCUT2D eigenvalue weighted by Crippen LogP contribution is -2.49. The summed E-state index contributed by atoms with van der Waals surface area (Å²) >= 11 is 0. The largest absolute Gasteiger partial charge is 0.343 e. The zero-order chi connectivity index (χ0) is 29.4. The molecule has 4 heterocycles. The maximum atomic E-state index is 13.3. The van der Waals surface area contributed by atoms with Crippen molar-refractivity contribution in [1.29, 1.82) is 0 Å². The van der Waals surface area contributed by atoms with E-state index < -0.39 is 0 Å². The summed E-state index contributed by atoms with van der Waals surface area (Å²) in [4.78, 5) is 23.2. The first-order valence-electron chi connectivity index (χ1n) is 16.6. The van der Waals surface area contributed by atoms with E-state index in [9.17, 15) is 4.79 Å². The zero-order valence-electron chi connectivity index (χ0n) is 25.9. The van der Waals surface area contributed by atoms with Crippen LogP contribution >= 0.6 is 0 Å². The van der Waals surface area contributed by atoms with Crippen LogP contribution in [0.15, 0.2) is 78.9 Å². The monoisotopic (exact) mass is 574 g/mol. The smallest absolute Gasteiger partial charge is 0.222 e. The Bertz CT molecular complexity index is 1550. The molecule has 3 fully saturated rings. The SMILES string of the molecule is Cc1ccccc1CCC(=O)N1CCC(CCN2[C@@H]3CC[C@H]2C[C@@H](n2c(C)nc4ccccc42)C3)(c2ccccc2)CC1. The van der Waals surface area contributed by atoms with E-state index in [4.69, 9.17) is 4.98 Å². The van der Waals surface area contributed by atoms with E-state index in [1.165, 1.54) is 54.3 Å².